The largest absolute Gasteiger partial charge is 0.240 e. The number of benzene rings is 1. The van der Waals surface area contributed by atoms with Gasteiger partial charge in [0.25, 0.3) is 0 Å². The highest BCUT2D eigenvalue weighted by atomic mass is 32.2. The molecular weight excluding hydrogens is 190 g/mol. The van der Waals surface area contributed by atoms with E-state index in [0.29, 0.717) is 0 Å². The van der Waals surface area contributed by atoms with E-state index < -0.39 is 9.84 Å². The average Bonchev–Trinajstić information content (AvgIpc) is 2.04. The summed E-state index contributed by atoms with van der Waals surface area (Å²) in [5, 5.41) is 0. The molecule has 5 heteroatoms. The number of para-hydroxylation sites is 1. The Labute approximate surface area is 75.8 Å². The molecule has 0 unspecified atom stereocenters. The zero-order valence-corrected chi connectivity index (χ0v) is 7.71. The summed E-state index contributed by atoms with van der Waals surface area (Å²) < 4.78 is 22.3. The summed E-state index contributed by atoms with van der Waals surface area (Å²) in [7, 11) is -3.33. The predicted molar refractivity (Wildman–Crippen MR) is 47.3 cm³/mol. The second kappa shape index (κ2) is 3.51. The maximum Gasteiger partial charge on any atom is 0.240 e. The number of rotatable bonds is 2. The van der Waals surface area contributed by atoms with Crippen molar-refractivity contribution in [2.24, 2.45) is 4.99 Å². The van der Waals surface area contributed by atoms with E-state index >= 15 is 0 Å². The number of isocyanates is 1. The zero-order valence-electron chi connectivity index (χ0n) is 6.89. The summed E-state index contributed by atoms with van der Waals surface area (Å²) in [6.07, 6.45) is 2.37. The van der Waals surface area contributed by atoms with E-state index in [1.165, 1.54) is 18.2 Å². The van der Waals surface area contributed by atoms with Crippen molar-refractivity contribution in [1.82, 2.24) is 0 Å². The van der Waals surface area contributed by atoms with Crippen LogP contribution in [0.2, 0.25) is 0 Å². The van der Waals surface area contributed by atoms with Crippen LogP contribution >= 0.6 is 0 Å². The molecule has 0 heterocycles. The van der Waals surface area contributed by atoms with Crippen molar-refractivity contribution < 1.29 is 13.2 Å². The minimum atomic E-state index is -3.33. The van der Waals surface area contributed by atoms with Crippen molar-refractivity contribution >= 4 is 21.6 Å². The third kappa shape index (κ3) is 2.24. The van der Waals surface area contributed by atoms with Crippen LogP contribution in [0.25, 0.3) is 0 Å². The number of nitrogens with zero attached hydrogens (tertiary/aromatic N) is 1. The molecule has 68 valence electrons. The molecule has 0 N–H and O–H groups in total. The highest BCUT2D eigenvalue weighted by Gasteiger charge is 2.11. The van der Waals surface area contributed by atoms with Crippen LogP contribution in [0.15, 0.2) is 34.2 Å². The van der Waals surface area contributed by atoms with Crippen molar-refractivity contribution in [3.8, 4) is 0 Å². The molecule has 4 nitrogen and oxygen atoms in total. The van der Waals surface area contributed by atoms with Gasteiger partial charge in [0.05, 0.1) is 10.6 Å². The van der Waals surface area contributed by atoms with E-state index in [9.17, 15) is 13.2 Å². The summed E-state index contributed by atoms with van der Waals surface area (Å²) in [6.45, 7) is 0. The first-order valence-electron chi connectivity index (χ1n) is 3.42. The summed E-state index contributed by atoms with van der Waals surface area (Å²) >= 11 is 0. The number of aliphatic imine (C=N–C) groups is 1. The van der Waals surface area contributed by atoms with Gasteiger partial charge in [-0.3, -0.25) is 0 Å². The zero-order chi connectivity index (χ0) is 9.90. The normalized spacial score (nSPS) is 10.5. The molecule has 1 aromatic carbocycles. The van der Waals surface area contributed by atoms with Crippen molar-refractivity contribution in [2.45, 2.75) is 4.90 Å². The van der Waals surface area contributed by atoms with Gasteiger partial charge in [0.2, 0.25) is 6.08 Å². The highest BCUT2D eigenvalue weighted by molar-refractivity contribution is 7.90. The highest BCUT2D eigenvalue weighted by Crippen LogP contribution is 2.22. The third-order valence-corrected chi connectivity index (χ3v) is 2.57. The Morgan fingerprint density at radius 2 is 1.92 bits per heavy atom. The van der Waals surface area contributed by atoms with Gasteiger partial charge in [-0.15, -0.1) is 0 Å². The lowest BCUT2D eigenvalue weighted by atomic mass is 10.3. The van der Waals surface area contributed by atoms with E-state index in [1.807, 2.05) is 0 Å². The second-order valence-corrected chi connectivity index (χ2v) is 4.43. The molecule has 0 saturated carbocycles. The number of sulfone groups is 1. The van der Waals surface area contributed by atoms with Crippen LogP contribution in [0.3, 0.4) is 0 Å². The van der Waals surface area contributed by atoms with Crippen LogP contribution in [0.1, 0.15) is 0 Å². The Bertz CT molecular complexity index is 458. The van der Waals surface area contributed by atoms with Crippen molar-refractivity contribution in [3.05, 3.63) is 24.3 Å². The van der Waals surface area contributed by atoms with Crippen LogP contribution in [0.5, 0.6) is 0 Å². The van der Waals surface area contributed by atoms with Crippen LogP contribution in [0.4, 0.5) is 5.69 Å². The molecule has 0 bridgehead atoms. The monoisotopic (exact) mass is 197 g/mol. The predicted octanol–water partition coefficient (Wildman–Crippen LogP) is 1.06. The Hall–Kier alpha value is -1.45. The third-order valence-electron chi connectivity index (χ3n) is 1.43. The molecule has 0 radical (unpaired) electrons. The fourth-order valence-electron chi connectivity index (χ4n) is 0.912. The van der Waals surface area contributed by atoms with Gasteiger partial charge in [-0.05, 0) is 12.1 Å². The number of carbonyl (C=O) groups excluding carboxylic acids is 1. The van der Waals surface area contributed by atoms with Crippen LogP contribution < -0.4 is 0 Å². The lowest BCUT2D eigenvalue weighted by Crippen LogP contribution is -1.96. The Morgan fingerprint density at radius 3 is 2.46 bits per heavy atom. The molecule has 13 heavy (non-hydrogen) atoms. The van der Waals surface area contributed by atoms with Gasteiger partial charge in [0.1, 0.15) is 0 Å². The van der Waals surface area contributed by atoms with Crippen LogP contribution in [-0.4, -0.2) is 20.8 Å². The van der Waals surface area contributed by atoms with E-state index in [0.717, 1.165) is 6.26 Å². The molecule has 0 saturated heterocycles. The summed E-state index contributed by atoms with van der Waals surface area (Å²) in [4.78, 5) is 13.3. The van der Waals surface area contributed by atoms with E-state index in [4.69, 9.17) is 0 Å². The topological polar surface area (TPSA) is 63.6 Å². The first-order chi connectivity index (χ1) is 6.05. The fraction of sp³-hybridized carbons (Fsp3) is 0.125. The van der Waals surface area contributed by atoms with E-state index in [2.05, 4.69) is 4.99 Å². The first kappa shape index (κ1) is 9.64. The maximum absolute atomic E-state index is 11.1. The Morgan fingerprint density at radius 1 is 1.31 bits per heavy atom. The van der Waals surface area contributed by atoms with Gasteiger partial charge in [0.15, 0.2) is 9.84 Å². The minimum absolute atomic E-state index is 0.0401. The first-order valence-corrected chi connectivity index (χ1v) is 5.32. The number of hydrogen-bond donors (Lipinski definition) is 0. The standard InChI is InChI=1S/C8H7NO3S/c1-13(11,12)8-5-3-2-4-7(8)9-6-10/h2-5H,1H3. The summed E-state index contributed by atoms with van der Waals surface area (Å²) in [6, 6.07) is 6.01. The smallest absolute Gasteiger partial charge is 0.224 e. The second-order valence-electron chi connectivity index (χ2n) is 2.44. The van der Waals surface area contributed by atoms with Gasteiger partial charge < -0.3 is 0 Å². The maximum atomic E-state index is 11.1. The lowest BCUT2D eigenvalue weighted by molar-refractivity contribution is 0.565. The van der Waals surface area contributed by atoms with Gasteiger partial charge in [-0.1, -0.05) is 12.1 Å². The van der Waals surface area contributed by atoms with Gasteiger partial charge in [-0.2, -0.15) is 4.99 Å². The van der Waals surface area contributed by atoms with Gasteiger partial charge in [0, 0.05) is 6.26 Å². The van der Waals surface area contributed by atoms with Crippen molar-refractivity contribution in [3.63, 3.8) is 0 Å². The molecule has 1 rings (SSSR count). The van der Waals surface area contributed by atoms with Crippen molar-refractivity contribution in [1.29, 1.82) is 0 Å². The molecule has 0 amide bonds. The van der Waals surface area contributed by atoms with Crippen LogP contribution in [0, 0.1) is 0 Å². The van der Waals surface area contributed by atoms with Gasteiger partial charge >= 0.3 is 0 Å². The van der Waals surface area contributed by atoms with E-state index in [1.54, 1.807) is 12.1 Å². The molecule has 0 aliphatic carbocycles. The molecule has 0 spiro atoms. The molecule has 1 aromatic rings. The summed E-state index contributed by atoms with van der Waals surface area (Å²) in [5.74, 6) is 0. The van der Waals surface area contributed by atoms with E-state index in [-0.39, 0.29) is 10.6 Å². The minimum Gasteiger partial charge on any atom is -0.224 e. The summed E-state index contributed by atoms with van der Waals surface area (Å²) in [5.41, 5.74) is 0.125. The SMILES string of the molecule is CS(=O)(=O)c1ccccc1N=C=O. The fourth-order valence-corrected chi connectivity index (χ4v) is 1.73. The molecule has 0 aliphatic heterocycles. The molecule has 0 aromatic heterocycles. The Kier molecular flexibility index (Phi) is 2.60. The Balaban J connectivity index is 3.45. The average molecular weight is 197 g/mol. The molecule has 0 atom stereocenters. The van der Waals surface area contributed by atoms with Crippen molar-refractivity contribution in [2.75, 3.05) is 6.26 Å². The lowest BCUT2D eigenvalue weighted by Gasteiger charge is -1.99. The molecular formula is C8H7NO3S. The quantitative estimate of drug-likeness (QED) is 0.526. The van der Waals surface area contributed by atoms with Crippen LogP contribution in [-0.2, 0) is 14.6 Å². The molecule has 0 aliphatic rings. The molecule has 0 fully saturated rings. The van der Waals surface area contributed by atoms with Gasteiger partial charge in [-0.25, -0.2) is 13.2 Å². The number of hydrogen-bond acceptors (Lipinski definition) is 4.